The Kier molecular flexibility index (Phi) is 5.21. The smallest absolute Gasteiger partial charge is 0.254 e. The Morgan fingerprint density at radius 2 is 2.10 bits per heavy atom. The highest BCUT2D eigenvalue weighted by Gasteiger charge is 2.33. The molecule has 1 saturated heterocycles. The molecular weight excluding hydrogens is 262 g/mol. The number of nitrogens with zero attached hydrogens (tertiary/aromatic N) is 2. The molecule has 2 unspecified atom stereocenters. The molecule has 1 aromatic rings. The van der Waals surface area contributed by atoms with Crippen molar-refractivity contribution in [1.82, 2.24) is 9.88 Å². The molecule has 1 N–H and O–H groups in total. The summed E-state index contributed by atoms with van der Waals surface area (Å²) in [4.78, 5) is 19.5. The summed E-state index contributed by atoms with van der Waals surface area (Å²) < 4.78 is 0. The molecule has 0 bridgehead atoms. The number of nitrogens with one attached hydrogen (secondary N) is 1. The van der Waals surface area contributed by atoms with Gasteiger partial charge in [-0.2, -0.15) is 0 Å². The number of anilines is 1. The van der Waals surface area contributed by atoms with Crippen molar-refractivity contribution in [1.29, 1.82) is 0 Å². The van der Waals surface area contributed by atoms with E-state index in [1.165, 1.54) is 0 Å². The van der Waals surface area contributed by atoms with Crippen molar-refractivity contribution in [3.63, 3.8) is 0 Å². The maximum atomic E-state index is 12.9. The second-order valence-electron chi connectivity index (χ2n) is 5.82. The van der Waals surface area contributed by atoms with E-state index in [2.05, 4.69) is 36.0 Å². The van der Waals surface area contributed by atoms with E-state index < -0.39 is 0 Å². The first-order chi connectivity index (χ1) is 10.1. The number of rotatable bonds is 5. The number of likely N-dealkylation sites (tertiary alicyclic amines) is 1. The lowest BCUT2D eigenvalue weighted by Gasteiger charge is -2.28. The Balaban J connectivity index is 2.31. The summed E-state index contributed by atoms with van der Waals surface area (Å²) in [5.41, 5.74) is 1.74. The molecule has 116 valence electrons. The fourth-order valence-electron chi connectivity index (χ4n) is 3.15. The molecule has 0 saturated carbocycles. The fraction of sp³-hybridized carbons (Fsp3) is 0.647. The predicted octanol–water partition coefficient (Wildman–Crippen LogP) is 3.48. The van der Waals surface area contributed by atoms with Crippen LogP contribution in [0.4, 0.5) is 5.82 Å². The zero-order valence-corrected chi connectivity index (χ0v) is 13.6. The van der Waals surface area contributed by atoms with Gasteiger partial charge in [0.15, 0.2) is 0 Å². The number of carbonyl (C=O) groups excluding carboxylic acids is 1. The van der Waals surface area contributed by atoms with Crippen LogP contribution in [0.5, 0.6) is 0 Å². The van der Waals surface area contributed by atoms with Crippen LogP contribution in [0.1, 0.15) is 63.0 Å². The fourth-order valence-corrected chi connectivity index (χ4v) is 3.15. The number of carbonyl (C=O) groups is 1. The normalized spacial score (nSPS) is 21.6. The molecule has 1 aromatic heterocycles. The van der Waals surface area contributed by atoms with Crippen molar-refractivity contribution < 1.29 is 4.79 Å². The first-order valence-electron chi connectivity index (χ1n) is 8.18. The van der Waals surface area contributed by atoms with Gasteiger partial charge in [-0.15, -0.1) is 0 Å². The molecule has 2 atom stereocenters. The van der Waals surface area contributed by atoms with Crippen molar-refractivity contribution in [2.24, 2.45) is 0 Å². The lowest BCUT2D eigenvalue weighted by molar-refractivity contribution is 0.0676. The van der Waals surface area contributed by atoms with Crippen molar-refractivity contribution in [3.05, 3.63) is 23.4 Å². The van der Waals surface area contributed by atoms with Crippen LogP contribution < -0.4 is 5.32 Å². The van der Waals surface area contributed by atoms with E-state index in [9.17, 15) is 4.79 Å². The standard InChI is InChI=1S/C17H27N3O/c1-5-14-10-13(11-16(19-14)18-7-3)17(21)20-12(4)8-9-15(20)6-2/h10-12,15H,5-9H2,1-4H3,(H,18,19). The number of aromatic nitrogens is 1. The molecular formula is C17H27N3O. The number of aryl methyl sites for hydroxylation is 1. The third-order valence-electron chi connectivity index (χ3n) is 4.34. The minimum atomic E-state index is 0.156. The van der Waals surface area contributed by atoms with Gasteiger partial charge in [0.25, 0.3) is 5.91 Å². The van der Waals surface area contributed by atoms with E-state index in [1.807, 2.05) is 19.1 Å². The summed E-state index contributed by atoms with van der Waals surface area (Å²) in [5, 5.41) is 3.22. The van der Waals surface area contributed by atoms with Gasteiger partial charge >= 0.3 is 0 Å². The Labute approximate surface area is 127 Å². The Morgan fingerprint density at radius 1 is 1.33 bits per heavy atom. The molecule has 4 heteroatoms. The Morgan fingerprint density at radius 3 is 2.71 bits per heavy atom. The quantitative estimate of drug-likeness (QED) is 0.902. The molecule has 1 aliphatic heterocycles. The largest absolute Gasteiger partial charge is 0.370 e. The molecule has 1 amide bonds. The molecule has 0 aliphatic carbocycles. The van der Waals surface area contributed by atoms with Crippen molar-refractivity contribution in [3.8, 4) is 0 Å². The number of pyridine rings is 1. The van der Waals surface area contributed by atoms with Gasteiger partial charge in [-0.25, -0.2) is 4.98 Å². The van der Waals surface area contributed by atoms with Crippen LogP contribution >= 0.6 is 0 Å². The second-order valence-corrected chi connectivity index (χ2v) is 5.82. The van der Waals surface area contributed by atoms with E-state index in [-0.39, 0.29) is 5.91 Å². The average Bonchev–Trinajstić information content (AvgIpc) is 2.87. The molecule has 1 fully saturated rings. The van der Waals surface area contributed by atoms with Crippen LogP contribution in [-0.4, -0.2) is 34.4 Å². The topological polar surface area (TPSA) is 45.2 Å². The first kappa shape index (κ1) is 15.8. The summed E-state index contributed by atoms with van der Waals surface area (Å²) in [6.07, 6.45) is 4.10. The van der Waals surface area contributed by atoms with Crippen LogP contribution in [0.25, 0.3) is 0 Å². The lowest BCUT2D eigenvalue weighted by atomic mass is 10.1. The zero-order chi connectivity index (χ0) is 15.4. The first-order valence-corrected chi connectivity index (χ1v) is 8.18. The SMILES string of the molecule is CCNc1cc(C(=O)N2C(C)CCC2CC)cc(CC)n1. The molecule has 2 rings (SSSR count). The Hall–Kier alpha value is -1.58. The van der Waals surface area contributed by atoms with Gasteiger partial charge in [0.2, 0.25) is 0 Å². The maximum Gasteiger partial charge on any atom is 0.254 e. The molecule has 0 radical (unpaired) electrons. The minimum absolute atomic E-state index is 0.156. The highest BCUT2D eigenvalue weighted by Crippen LogP contribution is 2.28. The third kappa shape index (κ3) is 3.36. The predicted molar refractivity (Wildman–Crippen MR) is 86.7 cm³/mol. The van der Waals surface area contributed by atoms with Crippen molar-refractivity contribution in [2.45, 2.75) is 65.5 Å². The van der Waals surface area contributed by atoms with Gasteiger partial charge in [-0.1, -0.05) is 13.8 Å². The highest BCUT2D eigenvalue weighted by molar-refractivity contribution is 5.95. The van der Waals surface area contributed by atoms with E-state index in [0.717, 1.165) is 49.3 Å². The third-order valence-corrected chi connectivity index (χ3v) is 4.34. The number of hydrogen-bond donors (Lipinski definition) is 1. The van der Waals surface area contributed by atoms with Crippen molar-refractivity contribution >= 4 is 11.7 Å². The maximum absolute atomic E-state index is 12.9. The molecule has 2 heterocycles. The average molecular weight is 289 g/mol. The monoisotopic (exact) mass is 289 g/mol. The van der Waals surface area contributed by atoms with Gasteiger partial charge in [0, 0.05) is 29.9 Å². The van der Waals surface area contributed by atoms with Crippen LogP contribution in [-0.2, 0) is 6.42 Å². The van der Waals surface area contributed by atoms with E-state index in [1.54, 1.807) is 0 Å². The number of hydrogen-bond acceptors (Lipinski definition) is 3. The molecule has 0 aromatic carbocycles. The van der Waals surface area contributed by atoms with E-state index in [0.29, 0.717) is 12.1 Å². The zero-order valence-electron chi connectivity index (χ0n) is 13.6. The van der Waals surface area contributed by atoms with Gasteiger partial charge in [-0.3, -0.25) is 4.79 Å². The van der Waals surface area contributed by atoms with Crippen LogP contribution in [0.15, 0.2) is 12.1 Å². The summed E-state index contributed by atoms with van der Waals surface area (Å²) in [6.45, 7) is 9.24. The Bertz CT molecular complexity index is 501. The van der Waals surface area contributed by atoms with E-state index in [4.69, 9.17) is 0 Å². The molecule has 4 nitrogen and oxygen atoms in total. The van der Waals surface area contributed by atoms with Gasteiger partial charge < -0.3 is 10.2 Å². The van der Waals surface area contributed by atoms with Crippen LogP contribution in [0.3, 0.4) is 0 Å². The molecule has 1 aliphatic rings. The summed E-state index contributed by atoms with van der Waals surface area (Å²) in [7, 11) is 0. The second kappa shape index (κ2) is 6.92. The van der Waals surface area contributed by atoms with Crippen LogP contribution in [0, 0.1) is 0 Å². The van der Waals surface area contributed by atoms with Crippen LogP contribution in [0.2, 0.25) is 0 Å². The summed E-state index contributed by atoms with van der Waals surface area (Å²) in [5.74, 6) is 0.961. The minimum Gasteiger partial charge on any atom is -0.370 e. The lowest BCUT2D eigenvalue weighted by Crippen LogP contribution is -2.39. The number of amides is 1. The van der Waals surface area contributed by atoms with Gasteiger partial charge in [0.05, 0.1) is 0 Å². The van der Waals surface area contributed by atoms with Gasteiger partial charge in [-0.05, 0) is 51.7 Å². The summed E-state index contributed by atoms with van der Waals surface area (Å²) >= 11 is 0. The molecule has 21 heavy (non-hydrogen) atoms. The van der Waals surface area contributed by atoms with Gasteiger partial charge in [0.1, 0.15) is 5.82 Å². The van der Waals surface area contributed by atoms with E-state index >= 15 is 0 Å². The highest BCUT2D eigenvalue weighted by atomic mass is 16.2. The van der Waals surface area contributed by atoms with Crippen molar-refractivity contribution in [2.75, 3.05) is 11.9 Å². The summed E-state index contributed by atoms with van der Waals surface area (Å²) in [6, 6.07) is 4.56. The molecule has 0 spiro atoms.